The molecule has 5 heteroatoms. The molecule has 0 aromatic carbocycles. The molecule has 14 heavy (non-hydrogen) atoms. The number of hydrogen-bond donors (Lipinski definition) is 3. The molecule has 0 radical (unpaired) electrons. The quantitative estimate of drug-likeness (QED) is 0.558. The maximum atomic E-state index is 11.2. The predicted octanol–water partition coefficient (Wildman–Crippen LogP) is -0.399. The molecule has 0 fully saturated rings. The number of H-pyrrole nitrogens is 1. The van der Waals surface area contributed by atoms with Gasteiger partial charge in [0.15, 0.2) is 6.10 Å². The molecule has 0 saturated heterocycles. The van der Waals surface area contributed by atoms with Gasteiger partial charge < -0.3 is 15.2 Å². The van der Waals surface area contributed by atoms with Crippen molar-refractivity contribution in [2.75, 3.05) is 0 Å². The van der Waals surface area contributed by atoms with Crippen molar-refractivity contribution in [2.45, 2.75) is 19.1 Å². The van der Waals surface area contributed by atoms with Crippen LogP contribution in [0.25, 0.3) is 0 Å². The lowest BCUT2D eigenvalue weighted by atomic mass is 10.1. The predicted molar refractivity (Wildman–Crippen MR) is 48.4 cm³/mol. The second-order valence-electron chi connectivity index (χ2n) is 2.98. The zero-order valence-corrected chi connectivity index (χ0v) is 7.56. The number of aromatic amines is 1. The smallest absolute Gasteiger partial charge is 0.253 e. The lowest BCUT2D eigenvalue weighted by molar-refractivity contribution is 0.0518. The molecule has 0 aliphatic rings. The standard InChI is InChI=1S/C9H10N2O3/c1-5-2-6(9(14)11-4-5)8(13)7(12)3-10/h2,4,7-8,12-13H,1H3,(H,11,14). The molecule has 74 valence electrons. The normalized spacial score (nSPS) is 14.4. The Bertz CT molecular complexity index is 419. The van der Waals surface area contributed by atoms with Gasteiger partial charge in [0.25, 0.3) is 5.56 Å². The van der Waals surface area contributed by atoms with Gasteiger partial charge in [0.05, 0.1) is 6.07 Å². The van der Waals surface area contributed by atoms with E-state index in [4.69, 9.17) is 10.4 Å². The minimum atomic E-state index is -1.59. The van der Waals surface area contributed by atoms with E-state index >= 15 is 0 Å². The Morgan fingerprint density at radius 1 is 1.57 bits per heavy atom. The molecule has 0 spiro atoms. The Kier molecular flexibility index (Phi) is 3.02. The number of aromatic nitrogens is 1. The first-order valence-corrected chi connectivity index (χ1v) is 4.01. The average molecular weight is 194 g/mol. The highest BCUT2D eigenvalue weighted by molar-refractivity contribution is 5.21. The lowest BCUT2D eigenvalue weighted by Crippen LogP contribution is -2.24. The maximum Gasteiger partial charge on any atom is 0.253 e. The third-order valence-corrected chi connectivity index (χ3v) is 1.83. The van der Waals surface area contributed by atoms with E-state index in [1.54, 1.807) is 6.92 Å². The molecule has 1 rings (SSSR count). The molecule has 1 aromatic rings. The molecular formula is C9H10N2O3. The fourth-order valence-corrected chi connectivity index (χ4v) is 1.08. The summed E-state index contributed by atoms with van der Waals surface area (Å²) in [5.41, 5.74) is 0.236. The number of aliphatic hydroxyl groups excluding tert-OH is 2. The molecule has 1 aromatic heterocycles. The highest BCUT2D eigenvalue weighted by atomic mass is 16.3. The van der Waals surface area contributed by atoms with E-state index in [0.29, 0.717) is 0 Å². The Hall–Kier alpha value is -1.64. The fraction of sp³-hybridized carbons (Fsp3) is 0.333. The van der Waals surface area contributed by atoms with Gasteiger partial charge >= 0.3 is 0 Å². The third kappa shape index (κ3) is 1.99. The SMILES string of the molecule is Cc1c[nH]c(=O)c(C(O)C(O)C#N)c1. The summed E-state index contributed by atoms with van der Waals surface area (Å²) in [5.74, 6) is 0. The minimum Gasteiger partial charge on any atom is -0.384 e. The van der Waals surface area contributed by atoms with Gasteiger partial charge in [-0.15, -0.1) is 0 Å². The first-order chi connectivity index (χ1) is 6.56. The van der Waals surface area contributed by atoms with Crippen molar-refractivity contribution in [3.05, 3.63) is 33.7 Å². The lowest BCUT2D eigenvalue weighted by Gasteiger charge is -2.10. The average Bonchev–Trinajstić information content (AvgIpc) is 2.19. The monoisotopic (exact) mass is 194 g/mol. The number of nitrogens with one attached hydrogen (secondary N) is 1. The van der Waals surface area contributed by atoms with Crippen molar-refractivity contribution in [1.29, 1.82) is 5.26 Å². The number of aryl methyl sites for hydroxylation is 1. The minimum absolute atomic E-state index is 0.000880. The first kappa shape index (κ1) is 10.4. The van der Waals surface area contributed by atoms with Crippen molar-refractivity contribution in [2.24, 2.45) is 0 Å². The molecule has 0 aliphatic carbocycles. The van der Waals surface area contributed by atoms with Gasteiger partial charge in [0.2, 0.25) is 0 Å². The molecule has 5 nitrogen and oxygen atoms in total. The van der Waals surface area contributed by atoms with Crippen LogP contribution in [0, 0.1) is 18.3 Å². The number of aliphatic hydroxyl groups is 2. The van der Waals surface area contributed by atoms with E-state index in [0.717, 1.165) is 5.56 Å². The maximum absolute atomic E-state index is 11.2. The van der Waals surface area contributed by atoms with Gasteiger partial charge in [-0.1, -0.05) is 0 Å². The highest BCUT2D eigenvalue weighted by Crippen LogP contribution is 2.12. The first-order valence-electron chi connectivity index (χ1n) is 4.01. The highest BCUT2D eigenvalue weighted by Gasteiger charge is 2.20. The number of rotatable bonds is 2. The second kappa shape index (κ2) is 4.05. The second-order valence-corrected chi connectivity index (χ2v) is 2.98. The molecule has 0 aliphatic heterocycles. The van der Waals surface area contributed by atoms with Crippen LogP contribution >= 0.6 is 0 Å². The zero-order valence-electron chi connectivity index (χ0n) is 7.56. The zero-order chi connectivity index (χ0) is 10.7. The largest absolute Gasteiger partial charge is 0.384 e. The Morgan fingerprint density at radius 2 is 2.21 bits per heavy atom. The van der Waals surface area contributed by atoms with Crippen LogP contribution in [-0.4, -0.2) is 21.3 Å². The molecular weight excluding hydrogens is 184 g/mol. The summed E-state index contributed by atoms with van der Waals surface area (Å²) in [6.07, 6.45) is -1.57. The van der Waals surface area contributed by atoms with E-state index in [-0.39, 0.29) is 5.56 Å². The molecule has 1 heterocycles. The molecule has 3 N–H and O–H groups in total. The van der Waals surface area contributed by atoms with E-state index in [1.165, 1.54) is 18.3 Å². The van der Waals surface area contributed by atoms with Gasteiger partial charge in [-0.05, 0) is 18.6 Å². The van der Waals surface area contributed by atoms with Crippen LogP contribution in [0.15, 0.2) is 17.1 Å². The summed E-state index contributed by atoms with van der Waals surface area (Å²) in [4.78, 5) is 13.6. The Balaban J connectivity index is 3.13. The fourth-order valence-electron chi connectivity index (χ4n) is 1.08. The van der Waals surface area contributed by atoms with Crippen LogP contribution in [0.5, 0.6) is 0 Å². The summed E-state index contributed by atoms with van der Waals surface area (Å²) < 4.78 is 0. The van der Waals surface area contributed by atoms with Crippen LogP contribution in [0.2, 0.25) is 0 Å². The Morgan fingerprint density at radius 3 is 2.79 bits per heavy atom. The molecule has 2 atom stereocenters. The summed E-state index contributed by atoms with van der Waals surface area (Å²) >= 11 is 0. The van der Waals surface area contributed by atoms with Gasteiger partial charge in [-0.2, -0.15) is 5.26 Å². The number of hydrogen-bond acceptors (Lipinski definition) is 4. The third-order valence-electron chi connectivity index (χ3n) is 1.83. The van der Waals surface area contributed by atoms with Crippen LogP contribution in [0.3, 0.4) is 0 Å². The summed E-state index contributed by atoms with van der Waals surface area (Å²) in [6, 6.07) is 2.90. The molecule has 0 saturated carbocycles. The van der Waals surface area contributed by atoms with E-state index in [9.17, 15) is 9.90 Å². The van der Waals surface area contributed by atoms with E-state index in [1.807, 2.05) is 0 Å². The molecule has 0 bridgehead atoms. The van der Waals surface area contributed by atoms with Crippen molar-refractivity contribution in [3.63, 3.8) is 0 Å². The van der Waals surface area contributed by atoms with Crippen molar-refractivity contribution in [3.8, 4) is 6.07 Å². The molecule has 0 amide bonds. The van der Waals surface area contributed by atoms with Gasteiger partial charge in [0.1, 0.15) is 6.10 Å². The Labute approximate surface area is 80.3 Å². The van der Waals surface area contributed by atoms with Crippen molar-refractivity contribution in [1.82, 2.24) is 4.98 Å². The van der Waals surface area contributed by atoms with E-state index in [2.05, 4.69) is 4.98 Å². The number of nitriles is 1. The van der Waals surface area contributed by atoms with Crippen LogP contribution in [0.1, 0.15) is 17.2 Å². The van der Waals surface area contributed by atoms with E-state index < -0.39 is 17.8 Å². The summed E-state index contributed by atoms with van der Waals surface area (Å²) in [7, 11) is 0. The van der Waals surface area contributed by atoms with Gasteiger partial charge in [-0.3, -0.25) is 4.79 Å². The summed E-state index contributed by atoms with van der Waals surface area (Å²) in [5, 5.41) is 26.8. The van der Waals surface area contributed by atoms with Gasteiger partial charge in [0, 0.05) is 11.8 Å². The van der Waals surface area contributed by atoms with Crippen LogP contribution < -0.4 is 5.56 Å². The number of pyridine rings is 1. The van der Waals surface area contributed by atoms with Gasteiger partial charge in [-0.25, -0.2) is 0 Å². The number of nitrogens with zero attached hydrogens (tertiary/aromatic N) is 1. The summed E-state index contributed by atoms with van der Waals surface area (Å²) in [6.45, 7) is 1.73. The molecule has 2 unspecified atom stereocenters. The van der Waals surface area contributed by atoms with Crippen LogP contribution in [0.4, 0.5) is 0 Å². The van der Waals surface area contributed by atoms with Crippen LogP contribution in [-0.2, 0) is 0 Å². The topological polar surface area (TPSA) is 97.1 Å². The van der Waals surface area contributed by atoms with Crippen molar-refractivity contribution < 1.29 is 10.2 Å². The van der Waals surface area contributed by atoms with Crippen molar-refractivity contribution >= 4 is 0 Å².